The lowest BCUT2D eigenvalue weighted by molar-refractivity contribution is -0.125. The van der Waals surface area contributed by atoms with Crippen molar-refractivity contribution in [2.24, 2.45) is 0 Å². The van der Waals surface area contributed by atoms with Gasteiger partial charge in [-0.1, -0.05) is 17.4 Å². The van der Waals surface area contributed by atoms with E-state index in [0.717, 1.165) is 47.0 Å². The highest BCUT2D eigenvalue weighted by Gasteiger charge is 2.40. The van der Waals surface area contributed by atoms with Crippen molar-refractivity contribution in [1.29, 1.82) is 0 Å². The number of fused-ring (bicyclic) bond motifs is 1. The van der Waals surface area contributed by atoms with E-state index in [-0.39, 0.29) is 24.5 Å². The molecule has 1 aromatic heterocycles. The second-order valence-corrected chi connectivity index (χ2v) is 8.40. The highest BCUT2D eigenvalue weighted by Crippen LogP contribution is 2.37. The molecule has 0 spiro atoms. The van der Waals surface area contributed by atoms with Crippen LogP contribution in [0.15, 0.2) is 12.1 Å². The molecule has 156 valence electrons. The number of aromatic nitrogens is 1. The van der Waals surface area contributed by atoms with Gasteiger partial charge < -0.3 is 19.3 Å². The number of carbonyl (C=O) groups is 2. The maximum atomic E-state index is 12.6. The number of nitrogens with zero attached hydrogens (tertiary/aromatic N) is 4. The molecule has 2 aromatic rings. The molecule has 0 saturated carbocycles. The number of piperidine rings is 1. The van der Waals surface area contributed by atoms with E-state index in [4.69, 9.17) is 14.5 Å². The number of methoxy groups -OCH3 is 2. The van der Waals surface area contributed by atoms with Crippen LogP contribution in [0.3, 0.4) is 0 Å². The Morgan fingerprint density at radius 1 is 1.21 bits per heavy atom. The van der Waals surface area contributed by atoms with Gasteiger partial charge >= 0.3 is 6.03 Å². The summed E-state index contributed by atoms with van der Waals surface area (Å²) in [5.41, 5.74) is 2.10. The molecule has 0 unspecified atom stereocenters. The Balaban J connectivity index is 1.44. The van der Waals surface area contributed by atoms with E-state index in [1.807, 2.05) is 6.07 Å². The highest BCUT2D eigenvalue weighted by molar-refractivity contribution is 7.22. The Hall–Kier alpha value is -2.39. The number of urea groups is 1. The molecular formula is C20H26N4O4S. The van der Waals surface area contributed by atoms with E-state index >= 15 is 0 Å². The number of ether oxygens (including phenoxy) is 2. The average Bonchev–Trinajstić information content (AvgIpc) is 3.30. The Morgan fingerprint density at radius 3 is 2.66 bits per heavy atom. The van der Waals surface area contributed by atoms with Crippen LogP contribution in [0.4, 0.5) is 9.93 Å². The van der Waals surface area contributed by atoms with E-state index in [1.54, 1.807) is 30.5 Å². The quantitative estimate of drug-likeness (QED) is 0.671. The van der Waals surface area contributed by atoms with Gasteiger partial charge in [0.15, 0.2) is 5.13 Å². The molecule has 1 aromatic carbocycles. The summed E-state index contributed by atoms with van der Waals surface area (Å²) < 4.78 is 11.6. The number of imide groups is 1. The maximum absolute atomic E-state index is 12.6. The number of hydrogen-bond acceptors (Lipinski definition) is 7. The second-order valence-electron chi connectivity index (χ2n) is 7.43. The molecule has 0 bridgehead atoms. The first kappa shape index (κ1) is 19.9. The molecule has 29 heavy (non-hydrogen) atoms. The van der Waals surface area contributed by atoms with Gasteiger partial charge in [0.2, 0.25) is 5.91 Å². The first-order valence-corrected chi connectivity index (χ1v) is 10.6. The van der Waals surface area contributed by atoms with Crippen molar-refractivity contribution in [2.75, 3.05) is 51.9 Å². The van der Waals surface area contributed by atoms with Gasteiger partial charge in [0.25, 0.3) is 0 Å². The van der Waals surface area contributed by atoms with Gasteiger partial charge in [-0.25, -0.2) is 9.78 Å². The van der Waals surface area contributed by atoms with Gasteiger partial charge in [0.05, 0.1) is 25.0 Å². The second kappa shape index (κ2) is 8.16. The van der Waals surface area contributed by atoms with Gasteiger partial charge in [0.1, 0.15) is 17.8 Å². The van der Waals surface area contributed by atoms with Gasteiger partial charge in [-0.2, -0.15) is 0 Å². The van der Waals surface area contributed by atoms with Crippen molar-refractivity contribution < 1.29 is 19.1 Å². The van der Waals surface area contributed by atoms with Crippen molar-refractivity contribution in [1.82, 2.24) is 14.8 Å². The largest absolute Gasteiger partial charge is 0.494 e. The molecule has 3 heterocycles. The Kier molecular flexibility index (Phi) is 5.60. The molecule has 3 amide bonds. The fourth-order valence-electron chi connectivity index (χ4n) is 4.02. The molecule has 2 saturated heterocycles. The zero-order chi connectivity index (χ0) is 20.5. The molecule has 0 atom stereocenters. The fourth-order valence-corrected chi connectivity index (χ4v) is 5.12. The van der Waals surface area contributed by atoms with Crippen LogP contribution in [0.1, 0.15) is 18.4 Å². The number of aryl methyl sites for hydroxylation is 1. The molecule has 2 aliphatic rings. The smallest absolute Gasteiger partial charge is 0.327 e. The fraction of sp³-hybridized carbons (Fsp3) is 0.550. The lowest BCUT2D eigenvalue weighted by atomic mass is 10.0. The first-order chi connectivity index (χ1) is 14.0. The zero-order valence-corrected chi connectivity index (χ0v) is 17.8. The van der Waals surface area contributed by atoms with Crippen LogP contribution < -0.4 is 9.64 Å². The first-order valence-electron chi connectivity index (χ1n) is 9.82. The molecule has 2 aliphatic heterocycles. The predicted molar refractivity (Wildman–Crippen MR) is 112 cm³/mol. The van der Waals surface area contributed by atoms with Crippen LogP contribution in [0.5, 0.6) is 5.75 Å². The third-order valence-corrected chi connectivity index (χ3v) is 6.94. The summed E-state index contributed by atoms with van der Waals surface area (Å²) in [5.74, 6) is 0.656. The standard InChI is InChI=1S/C20H26N4O4S/c1-13-4-5-15(28-3)17-18(13)29-19(21-17)22-8-6-14(7-9-22)24-12-16(25)23(20(24)26)10-11-27-2/h4-5,14H,6-12H2,1-3H3. The highest BCUT2D eigenvalue weighted by atomic mass is 32.1. The van der Waals surface area contributed by atoms with Gasteiger partial charge in [-0.15, -0.1) is 0 Å². The van der Waals surface area contributed by atoms with E-state index in [2.05, 4.69) is 17.9 Å². The number of hydrogen-bond donors (Lipinski definition) is 0. The Labute approximate surface area is 174 Å². The number of benzene rings is 1. The minimum atomic E-state index is -0.189. The lowest BCUT2D eigenvalue weighted by Gasteiger charge is -2.36. The van der Waals surface area contributed by atoms with E-state index in [0.29, 0.717) is 13.2 Å². The van der Waals surface area contributed by atoms with E-state index in [9.17, 15) is 9.59 Å². The Morgan fingerprint density at radius 2 is 1.97 bits per heavy atom. The van der Waals surface area contributed by atoms with Gasteiger partial charge in [-0.05, 0) is 31.4 Å². The van der Waals surface area contributed by atoms with Crippen molar-refractivity contribution in [2.45, 2.75) is 25.8 Å². The van der Waals surface area contributed by atoms with Crippen LogP contribution in [0, 0.1) is 6.92 Å². The molecule has 9 heteroatoms. The van der Waals surface area contributed by atoms with Gasteiger partial charge in [-0.3, -0.25) is 9.69 Å². The minimum Gasteiger partial charge on any atom is -0.494 e. The molecule has 4 rings (SSSR count). The third kappa shape index (κ3) is 3.64. The van der Waals surface area contributed by atoms with E-state index in [1.165, 1.54) is 10.5 Å². The molecule has 8 nitrogen and oxygen atoms in total. The average molecular weight is 419 g/mol. The summed E-state index contributed by atoms with van der Waals surface area (Å²) in [6.07, 6.45) is 1.65. The van der Waals surface area contributed by atoms with Gasteiger partial charge in [0, 0.05) is 26.2 Å². The molecule has 2 fully saturated rings. The Bertz CT molecular complexity index is 923. The van der Waals surface area contributed by atoms with E-state index < -0.39 is 0 Å². The van der Waals surface area contributed by atoms with Crippen LogP contribution in [-0.2, 0) is 9.53 Å². The number of anilines is 1. The number of amides is 3. The van der Waals surface area contributed by atoms with Crippen molar-refractivity contribution >= 4 is 38.6 Å². The summed E-state index contributed by atoms with van der Waals surface area (Å²) in [6, 6.07) is 3.91. The number of carbonyl (C=O) groups excluding carboxylic acids is 2. The lowest BCUT2D eigenvalue weighted by Crippen LogP contribution is -2.46. The maximum Gasteiger partial charge on any atom is 0.327 e. The van der Waals surface area contributed by atoms with Crippen LogP contribution in [0.2, 0.25) is 0 Å². The van der Waals surface area contributed by atoms with Crippen LogP contribution in [-0.4, -0.2) is 79.8 Å². The minimum absolute atomic E-state index is 0.0842. The molecular weight excluding hydrogens is 392 g/mol. The number of rotatable bonds is 6. The summed E-state index contributed by atoms with van der Waals surface area (Å²) >= 11 is 1.68. The monoisotopic (exact) mass is 418 g/mol. The van der Waals surface area contributed by atoms with Crippen molar-refractivity contribution in [3.05, 3.63) is 17.7 Å². The van der Waals surface area contributed by atoms with Crippen LogP contribution in [0.25, 0.3) is 10.2 Å². The summed E-state index contributed by atoms with van der Waals surface area (Å²) in [4.78, 5) is 35.0. The molecule has 0 aliphatic carbocycles. The predicted octanol–water partition coefficient (Wildman–Crippen LogP) is 2.49. The topological polar surface area (TPSA) is 75.2 Å². The number of thiazole rings is 1. The SMILES string of the molecule is COCCN1C(=O)CN(C2CCN(c3nc4c(OC)ccc(C)c4s3)CC2)C1=O. The third-order valence-electron chi connectivity index (χ3n) is 5.69. The molecule has 0 N–H and O–H groups in total. The van der Waals surface area contributed by atoms with Crippen molar-refractivity contribution in [3.63, 3.8) is 0 Å². The van der Waals surface area contributed by atoms with Crippen molar-refractivity contribution in [3.8, 4) is 5.75 Å². The normalized spacial score (nSPS) is 18.4. The summed E-state index contributed by atoms with van der Waals surface area (Å²) in [6.45, 7) is 4.55. The summed E-state index contributed by atoms with van der Waals surface area (Å²) in [7, 11) is 3.23. The zero-order valence-electron chi connectivity index (χ0n) is 17.0. The summed E-state index contributed by atoms with van der Waals surface area (Å²) in [5, 5.41) is 0.983. The molecule has 0 radical (unpaired) electrons. The van der Waals surface area contributed by atoms with Crippen LogP contribution >= 0.6 is 11.3 Å².